The van der Waals surface area contributed by atoms with Crippen LogP contribution in [0.1, 0.15) is 23.0 Å². The topological polar surface area (TPSA) is 88.7 Å². The molecule has 1 aromatic heterocycles. The number of hydrogen-bond acceptors (Lipinski definition) is 5. The lowest BCUT2D eigenvalue weighted by atomic mass is 10.1. The molecule has 3 N–H and O–H groups in total. The summed E-state index contributed by atoms with van der Waals surface area (Å²) in [6.45, 7) is 4.45. The Balaban J connectivity index is 2.18. The lowest BCUT2D eigenvalue weighted by Gasteiger charge is -2.36. The average Bonchev–Trinajstić information content (AvgIpc) is 2.37. The predicted molar refractivity (Wildman–Crippen MR) is 70.7 cm³/mol. The monoisotopic (exact) mass is 265 g/mol. The highest BCUT2D eigenvalue weighted by Crippen LogP contribution is 2.18. The van der Waals surface area contributed by atoms with Crippen LogP contribution in [0.15, 0.2) is 12.3 Å². The fourth-order valence-electron chi connectivity index (χ4n) is 2.24. The molecule has 1 aliphatic heterocycles. The minimum atomic E-state index is -0.340. The van der Waals surface area contributed by atoms with E-state index in [1.54, 1.807) is 11.0 Å². The molecule has 0 radical (unpaired) electrons. The molecule has 1 aliphatic rings. The second-order valence-corrected chi connectivity index (χ2v) is 4.87. The Kier molecular flexibility index (Phi) is 4.01. The largest absolute Gasteiger partial charge is 0.398 e. The van der Waals surface area contributed by atoms with Crippen LogP contribution in [0.25, 0.3) is 0 Å². The number of aliphatic hydroxyl groups is 1. The van der Waals surface area contributed by atoms with Gasteiger partial charge in [-0.25, -0.2) is 0 Å². The summed E-state index contributed by atoms with van der Waals surface area (Å²) in [5, 5.41) is 9.17. The number of nitrogen functional groups attached to an aromatic ring is 1. The van der Waals surface area contributed by atoms with Crippen LogP contribution < -0.4 is 5.73 Å². The van der Waals surface area contributed by atoms with Gasteiger partial charge in [0.25, 0.3) is 5.91 Å². The maximum absolute atomic E-state index is 12.4. The highest BCUT2D eigenvalue weighted by Gasteiger charge is 2.29. The number of ether oxygens (including phenoxy) is 1. The van der Waals surface area contributed by atoms with E-state index in [0.717, 1.165) is 5.69 Å². The summed E-state index contributed by atoms with van der Waals surface area (Å²) in [5.41, 5.74) is 7.47. The summed E-state index contributed by atoms with van der Waals surface area (Å²) in [5.74, 6) is -0.168. The van der Waals surface area contributed by atoms with Gasteiger partial charge < -0.3 is 20.5 Å². The number of amides is 1. The molecule has 0 aliphatic carbocycles. The van der Waals surface area contributed by atoms with Crippen LogP contribution in [0.5, 0.6) is 0 Å². The van der Waals surface area contributed by atoms with Crippen molar-refractivity contribution in [2.75, 3.05) is 25.4 Å². The second kappa shape index (κ2) is 5.54. The van der Waals surface area contributed by atoms with Crippen molar-refractivity contribution in [3.63, 3.8) is 0 Å². The lowest BCUT2D eigenvalue weighted by Crippen LogP contribution is -2.50. The number of aryl methyl sites for hydroxylation is 1. The van der Waals surface area contributed by atoms with Gasteiger partial charge in [0, 0.05) is 30.7 Å². The second-order valence-electron chi connectivity index (χ2n) is 4.87. The van der Waals surface area contributed by atoms with Crippen LogP contribution in [0.2, 0.25) is 0 Å². The molecule has 19 heavy (non-hydrogen) atoms. The lowest BCUT2D eigenvalue weighted by molar-refractivity contribution is -0.0858. The first-order valence-corrected chi connectivity index (χ1v) is 6.29. The molecule has 1 aromatic rings. The molecular formula is C13H19N3O3. The highest BCUT2D eigenvalue weighted by atomic mass is 16.5. The van der Waals surface area contributed by atoms with E-state index in [9.17, 15) is 4.79 Å². The number of morpholine rings is 1. The molecule has 2 atom stereocenters. The fraction of sp³-hybridized carbons (Fsp3) is 0.538. The van der Waals surface area contributed by atoms with Gasteiger partial charge in [0.1, 0.15) is 0 Å². The number of aromatic nitrogens is 1. The zero-order valence-electron chi connectivity index (χ0n) is 11.2. The first-order valence-electron chi connectivity index (χ1n) is 6.29. The molecular weight excluding hydrogens is 246 g/mol. The van der Waals surface area contributed by atoms with E-state index in [0.29, 0.717) is 24.3 Å². The molecule has 2 rings (SSSR count). The molecule has 1 amide bonds. The SMILES string of the molecule is Cc1cc(N)c(C(=O)N2CC(C)OC(CO)C2)cn1. The van der Waals surface area contributed by atoms with Crippen molar-refractivity contribution in [1.82, 2.24) is 9.88 Å². The Morgan fingerprint density at radius 1 is 1.63 bits per heavy atom. The van der Waals surface area contributed by atoms with E-state index in [1.165, 1.54) is 6.20 Å². The zero-order chi connectivity index (χ0) is 14.0. The average molecular weight is 265 g/mol. The third-order valence-corrected chi connectivity index (χ3v) is 3.12. The first-order chi connectivity index (χ1) is 9.01. The van der Waals surface area contributed by atoms with E-state index < -0.39 is 0 Å². The van der Waals surface area contributed by atoms with Crippen molar-refractivity contribution in [2.45, 2.75) is 26.1 Å². The molecule has 104 valence electrons. The van der Waals surface area contributed by atoms with Crippen molar-refractivity contribution in [3.8, 4) is 0 Å². The number of nitrogens with zero attached hydrogens (tertiary/aromatic N) is 2. The molecule has 6 heteroatoms. The summed E-state index contributed by atoms with van der Waals surface area (Å²) < 4.78 is 5.51. The number of carbonyl (C=O) groups excluding carboxylic acids is 1. The Labute approximate surface area is 112 Å². The van der Waals surface area contributed by atoms with Gasteiger partial charge in [-0.05, 0) is 19.9 Å². The van der Waals surface area contributed by atoms with Crippen LogP contribution in [-0.2, 0) is 4.74 Å². The molecule has 6 nitrogen and oxygen atoms in total. The van der Waals surface area contributed by atoms with Crippen LogP contribution in [0.3, 0.4) is 0 Å². The summed E-state index contributed by atoms with van der Waals surface area (Å²) in [6.07, 6.45) is 1.06. The molecule has 2 heterocycles. The van der Waals surface area contributed by atoms with Crippen LogP contribution >= 0.6 is 0 Å². The third-order valence-electron chi connectivity index (χ3n) is 3.12. The summed E-state index contributed by atoms with van der Waals surface area (Å²) in [6, 6.07) is 1.68. The van der Waals surface area contributed by atoms with Gasteiger partial charge in [-0.2, -0.15) is 0 Å². The molecule has 0 spiro atoms. The van der Waals surface area contributed by atoms with Gasteiger partial charge in [-0.1, -0.05) is 0 Å². The van der Waals surface area contributed by atoms with Gasteiger partial charge in [0.15, 0.2) is 0 Å². The number of rotatable bonds is 2. The van der Waals surface area contributed by atoms with Crippen molar-refractivity contribution < 1.29 is 14.6 Å². The summed E-state index contributed by atoms with van der Waals surface area (Å²) in [7, 11) is 0. The van der Waals surface area contributed by atoms with Gasteiger partial charge in [-0.15, -0.1) is 0 Å². The Hall–Kier alpha value is -1.66. The normalized spacial score (nSPS) is 23.4. The van der Waals surface area contributed by atoms with Crippen molar-refractivity contribution in [3.05, 3.63) is 23.5 Å². The van der Waals surface area contributed by atoms with E-state index in [-0.39, 0.29) is 24.7 Å². The Bertz CT molecular complexity index is 478. The van der Waals surface area contributed by atoms with Crippen LogP contribution in [0, 0.1) is 6.92 Å². The Morgan fingerprint density at radius 2 is 2.37 bits per heavy atom. The van der Waals surface area contributed by atoms with E-state index in [1.807, 2.05) is 13.8 Å². The number of aliphatic hydroxyl groups excluding tert-OH is 1. The molecule has 0 bridgehead atoms. The molecule has 1 saturated heterocycles. The molecule has 0 aromatic carbocycles. The van der Waals surface area contributed by atoms with Gasteiger partial charge in [0.2, 0.25) is 0 Å². The van der Waals surface area contributed by atoms with Crippen molar-refractivity contribution in [2.24, 2.45) is 0 Å². The number of pyridine rings is 1. The quantitative estimate of drug-likeness (QED) is 0.797. The van der Waals surface area contributed by atoms with E-state index >= 15 is 0 Å². The number of anilines is 1. The fourth-order valence-corrected chi connectivity index (χ4v) is 2.24. The third kappa shape index (κ3) is 3.02. The first kappa shape index (κ1) is 13.8. The predicted octanol–water partition coefficient (Wildman–Crippen LogP) is 0.194. The summed E-state index contributed by atoms with van der Waals surface area (Å²) in [4.78, 5) is 18.2. The van der Waals surface area contributed by atoms with Crippen molar-refractivity contribution in [1.29, 1.82) is 0 Å². The molecule has 1 fully saturated rings. The van der Waals surface area contributed by atoms with Crippen molar-refractivity contribution >= 4 is 11.6 Å². The number of nitrogens with two attached hydrogens (primary N) is 1. The van der Waals surface area contributed by atoms with E-state index in [4.69, 9.17) is 15.6 Å². The maximum atomic E-state index is 12.4. The van der Waals surface area contributed by atoms with Crippen LogP contribution in [-0.4, -0.2) is 52.8 Å². The highest BCUT2D eigenvalue weighted by molar-refractivity contribution is 5.98. The molecule has 0 saturated carbocycles. The minimum Gasteiger partial charge on any atom is -0.398 e. The smallest absolute Gasteiger partial charge is 0.257 e. The zero-order valence-corrected chi connectivity index (χ0v) is 11.2. The molecule has 2 unspecified atom stereocenters. The minimum absolute atomic E-state index is 0.101. The van der Waals surface area contributed by atoms with Crippen LogP contribution in [0.4, 0.5) is 5.69 Å². The number of carbonyl (C=O) groups is 1. The summed E-state index contributed by atoms with van der Waals surface area (Å²) >= 11 is 0. The van der Waals surface area contributed by atoms with Gasteiger partial charge in [0.05, 0.1) is 24.4 Å². The van der Waals surface area contributed by atoms with Gasteiger partial charge in [-0.3, -0.25) is 9.78 Å². The maximum Gasteiger partial charge on any atom is 0.257 e. The number of hydrogen-bond donors (Lipinski definition) is 2. The standard InChI is InChI=1S/C13H19N3O3/c1-8-3-12(14)11(4-15-8)13(18)16-5-9(2)19-10(6-16)7-17/h3-4,9-10,17H,5-7H2,1-2H3,(H2,14,15). The Morgan fingerprint density at radius 3 is 3.00 bits per heavy atom. The van der Waals surface area contributed by atoms with E-state index in [2.05, 4.69) is 4.98 Å². The van der Waals surface area contributed by atoms with Gasteiger partial charge >= 0.3 is 0 Å².